The molecule has 5 atom stereocenters. The van der Waals surface area contributed by atoms with Gasteiger partial charge in [-0.15, -0.1) is 0 Å². The maximum Gasteiger partial charge on any atom is 0.413 e. The fourth-order valence-electron chi connectivity index (χ4n) is 2.04. The number of ether oxygens (including phenoxy) is 2. The van der Waals surface area contributed by atoms with E-state index < -0.39 is 47.9 Å². The molecule has 0 unspecified atom stereocenters. The molecule has 2 heterocycles. The van der Waals surface area contributed by atoms with Gasteiger partial charge in [0.15, 0.2) is 5.17 Å². The van der Waals surface area contributed by atoms with Crippen LogP contribution in [-0.4, -0.2) is 63.3 Å². The second kappa shape index (κ2) is 6.26. The Labute approximate surface area is 130 Å². The molecule has 0 radical (unpaired) electrons. The standard InChI is InChI=1S/C12H18F2N2O5S/c1-12(2,3)21-11(19)16-10-15-4-5(17)6(18)7(8(13)14)20-9(4)22-10/h4-9,17-18H,1-3H3,(H,15,16,19)/t4-,5-,6+,7+,9-/m1/s1. The molecule has 2 aliphatic rings. The molecule has 2 rings (SSSR count). The van der Waals surface area contributed by atoms with Gasteiger partial charge in [-0.3, -0.25) is 10.3 Å². The summed E-state index contributed by atoms with van der Waals surface area (Å²) in [7, 11) is 0. The fourth-order valence-corrected chi connectivity index (χ4v) is 3.13. The summed E-state index contributed by atoms with van der Waals surface area (Å²) in [4.78, 5) is 15.6. The van der Waals surface area contributed by atoms with Gasteiger partial charge in [0.25, 0.3) is 6.43 Å². The Morgan fingerprint density at radius 2 is 2.05 bits per heavy atom. The minimum Gasteiger partial charge on any atom is -0.444 e. The molecule has 1 fully saturated rings. The highest BCUT2D eigenvalue weighted by atomic mass is 32.2. The Hall–Kier alpha value is -0.970. The van der Waals surface area contributed by atoms with Crippen molar-refractivity contribution in [3.63, 3.8) is 0 Å². The highest BCUT2D eigenvalue weighted by Crippen LogP contribution is 2.37. The fraction of sp³-hybridized carbons (Fsp3) is 0.833. The van der Waals surface area contributed by atoms with Crippen LogP contribution in [0.4, 0.5) is 13.6 Å². The Bertz CT molecular complexity index is 471. The maximum absolute atomic E-state index is 12.8. The number of hydrogen-bond donors (Lipinski definition) is 3. The summed E-state index contributed by atoms with van der Waals surface area (Å²) in [5.74, 6) is 0. The number of carbonyl (C=O) groups is 1. The molecule has 126 valence electrons. The van der Waals surface area contributed by atoms with Gasteiger partial charge in [0.05, 0.1) is 0 Å². The van der Waals surface area contributed by atoms with Gasteiger partial charge in [-0.1, -0.05) is 11.8 Å². The lowest BCUT2D eigenvalue weighted by molar-refractivity contribution is -0.193. The molecule has 7 nitrogen and oxygen atoms in total. The van der Waals surface area contributed by atoms with Gasteiger partial charge in [-0.2, -0.15) is 0 Å². The number of nitrogens with zero attached hydrogens (tertiary/aromatic N) is 1. The zero-order valence-corrected chi connectivity index (χ0v) is 13.0. The van der Waals surface area contributed by atoms with Crippen LogP contribution in [-0.2, 0) is 9.47 Å². The van der Waals surface area contributed by atoms with E-state index in [0.29, 0.717) is 0 Å². The number of amidine groups is 1. The van der Waals surface area contributed by atoms with Crippen LogP contribution in [0.3, 0.4) is 0 Å². The number of thioether (sulfide) groups is 1. The number of alkyl halides is 2. The third-order valence-corrected chi connectivity index (χ3v) is 4.01. The SMILES string of the molecule is CC(C)(C)OC(=O)NC1=N[C@@H]2[C@@H](O)[C@H](O)[C@@H](C(F)F)O[C@@H]2S1. The summed E-state index contributed by atoms with van der Waals surface area (Å²) in [5.41, 5.74) is -1.60. The lowest BCUT2D eigenvalue weighted by atomic mass is 9.98. The average molecular weight is 340 g/mol. The second-order valence-electron chi connectivity index (χ2n) is 5.95. The van der Waals surface area contributed by atoms with Crippen LogP contribution in [0, 0.1) is 0 Å². The van der Waals surface area contributed by atoms with E-state index in [1.54, 1.807) is 20.8 Å². The first-order valence-electron chi connectivity index (χ1n) is 6.62. The molecule has 22 heavy (non-hydrogen) atoms. The minimum absolute atomic E-state index is 0.0883. The number of amides is 1. The van der Waals surface area contributed by atoms with Crippen molar-refractivity contribution in [1.29, 1.82) is 0 Å². The summed E-state index contributed by atoms with van der Waals surface area (Å²) in [6, 6.07) is -0.931. The predicted octanol–water partition coefficient (Wildman–Crippen LogP) is 0.694. The lowest BCUT2D eigenvalue weighted by Gasteiger charge is -2.37. The molecular weight excluding hydrogens is 322 g/mol. The van der Waals surface area contributed by atoms with Crippen molar-refractivity contribution in [2.75, 3.05) is 0 Å². The molecule has 0 aromatic heterocycles. The quantitative estimate of drug-likeness (QED) is 0.649. The number of hydrogen-bond acceptors (Lipinski definition) is 7. The number of rotatable bonds is 1. The molecule has 0 aromatic rings. The highest BCUT2D eigenvalue weighted by molar-refractivity contribution is 8.14. The Morgan fingerprint density at radius 1 is 1.41 bits per heavy atom. The summed E-state index contributed by atoms with van der Waals surface area (Å²) < 4.78 is 35.6. The zero-order chi connectivity index (χ0) is 16.7. The minimum atomic E-state index is -2.94. The topological polar surface area (TPSA) is 100 Å². The van der Waals surface area contributed by atoms with Crippen molar-refractivity contribution in [3.05, 3.63) is 0 Å². The van der Waals surface area contributed by atoms with E-state index in [2.05, 4.69) is 10.3 Å². The van der Waals surface area contributed by atoms with Crippen LogP contribution >= 0.6 is 11.8 Å². The monoisotopic (exact) mass is 340 g/mol. The highest BCUT2D eigenvalue weighted by Gasteiger charge is 2.51. The van der Waals surface area contributed by atoms with Crippen LogP contribution in [0.1, 0.15) is 20.8 Å². The average Bonchev–Trinajstić information content (AvgIpc) is 2.73. The van der Waals surface area contributed by atoms with Gasteiger partial charge in [0.2, 0.25) is 0 Å². The number of aliphatic hydroxyl groups is 2. The number of aliphatic hydroxyl groups excluding tert-OH is 2. The van der Waals surface area contributed by atoms with E-state index >= 15 is 0 Å². The van der Waals surface area contributed by atoms with E-state index in [0.717, 1.165) is 11.8 Å². The first-order valence-corrected chi connectivity index (χ1v) is 7.50. The van der Waals surface area contributed by atoms with E-state index in [1.165, 1.54) is 0 Å². The van der Waals surface area contributed by atoms with Crippen LogP contribution in [0.15, 0.2) is 4.99 Å². The van der Waals surface area contributed by atoms with Gasteiger partial charge in [-0.25, -0.2) is 13.6 Å². The lowest BCUT2D eigenvalue weighted by Crippen LogP contribution is -2.56. The molecule has 0 aromatic carbocycles. The van der Waals surface area contributed by atoms with E-state index in [4.69, 9.17) is 9.47 Å². The molecule has 0 saturated carbocycles. The smallest absolute Gasteiger partial charge is 0.413 e. The number of alkyl carbamates (subject to hydrolysis) is 1. The van der Waals surface area contributed by atoms with Gasteiger partial charge in [0, 0.05) is 0 Å². The third-order valence-electron chi connectivity index (χ3n) is 2.96. The summed E-state index contributed by atoms with van der Waals surface area (Å²) in [6.45, 7) is 5.06. The molecule has 0 aliphatic carbocycles. The van der Waals surface area contributed by atoms with Crippen LogP contribution in [0.5, 0.6) is 0 Å². The van der Waals surface area contributed by atoms with Crippen LogP contribution in [0.25, 0.3) is 0 Å². The molecular formula is C12H18F2N2O5S. The van der Waals surface area contributed by atoms with E-state index in [1.807, 2.05) is 0 Å². The maximum atomic E-state index is 12.8. The zero-order valence-electron chi connectivity index (χ0n) is 12.2. The number of carbonyl (C=O) groups excluding carboxylic acids is 1. The van der Waals surface area contributed by atoms with Crippen molar-refractivity contribution in [1.82, 2.24) is 5.32 Å². The van der Waals surface area contributed by atoms with Crippen molar-refractivity contribution in [2.45, 2.75) is 62.6 Å². The molecule has 10 heteroatoms. The number of nitrogens with one attached hydrogen (secondary N) is 1. The van der Waals surface area contributed by atoms with Gasteiger partial charge in [-0.05, 0) is 20.8 Å². The molecule has 1 amide bonds. The van der Waals surface area contributed by atoms with Gasteiger partial charge < -0.3 is 19.7 Å². The Kier molecular flexibility index (Phi) is 4.95. The Balaban J connectivity index is 2.01. The molecule has 2 aliphatic heterocycles. The summed E-state index contributed by atoms with van der Waals surface area (Å²) >= 11 is 0.887. The van der Waals surface area contributed by atoms with Crippen molar-refractivity contribution in [3.8, 4) is 0 Å². The number of aliphatic imine (C=N–C) groups is 1. The molecule has 0 bridgehead atoms. The van der Waals surface area contributed by atoms with Crippen molar-refractivity contribution >= 4 is 23.0 Å². The molecule has 0 spiro atoms. The van der Waals surface area contributed by atoms with Gasteiger partial charge in [0.1, 0.15) is 35.4 Å². The van der Waals surface area contributed by atoms with Crippen LogP contribution < -0.4 is 5.32 Å². The first kappa shape index (κ1) is 17.4. The number of fused-ring (bicyclic) bond motifs is 1. The van der Waals surface area contributed by atoms with Crippen LogP contribution in [0.2, 0.25) is 0 Å². The molecule has 3 N–H and O–H groups in total. The largest absolute Gasteiger partial charge is 0.444 e. The van der Waals surface area contributed by atoms with E-state index in [9.17, 15) is 23.8 Å². The Morgan fingerprint density at radius 3 is 2.59 bits per heavy atom. The summed E-state index contributed by atoms with van der Waals surface area (Å²) in [5, 5.41) is 22.0. The predicted molar refractivity (Wildman–Crippen MR) is 74.9 cm³/mol. The second-order valence-corrected chi connectivity index (χ2v) is 7.04. The van der Waals surface area contributed by atoms with Crippen molar-refractivity contribution in [2.24, 2.45) is 4.99 Å². The molecule has 1 saturated heterocycles. The van der Waals surface area contributed by atoms with Gasteiger partial charge >= 0.3 is 6.09 Å². The third kappa shape index (κ3) is 3.86. The number of halogens is 2. The normalized spacial score (nSPS) is 35.1. The van der Waals surface area contributed by atoms with E-state index in [-0.39, 0.29) is 5.17 Å². The first-order chi connectivity index (χ1) is 10.1. The summed E-state index contributed by atoms with van der Waals surface area (Å²) in [6.07, 6.45) is -8.72. The van der Waals surface area contributed by atoms with Crippen molar-refractivity contribution < 1.29 is 33.3 Å².